The van der Waals surface area contributed by atoms with E-state index in [1.807, 2.05) is 0 Å². The fourth-order valence-electron chi connectivity index (χ4n) is 1.34. The third-order valence-corrected chi connectivity index (χ3v) is 4.15. The predicted octanol–water partition coefficient (Wildman–Crippen LogP) is 0.355. The number of nitrogens with zero attached hydrogens (tertiary/aromatic N) is 1. The predicted molar refractivity (Wildman–Crippen MR) is 64.8 cm³/mol. The minimum absolute atomic E-state index is 0.214. The van der Waals surface area contributed by atoms with Gasteiger partial charge in [0.1, 0.15) is 0 Å². The fraction of sp³-hybridized carbons (Fsp3) is 0.364. The number of primary amides is 1. The zero-order valence-electron chi connectivity index (χ0n) is 9.88. The van der Waals surface area contributed by atoms with E-state index < -0.39 is 15.9 Å². The number of carbonyl (C=O) groups is 1. The van der Waals surface area contributed by atoms with Crippen LogP contribution in [0.4, 0.5) is 0 Å². The maximum absolute atomic E-state index is 11.9. The van der Waals surface area contributed by atoms with Gasteiger partial charge in [-0.2, -0.15) is 0 Å². The van der Waals surface area contributed by atoms with Gasteiger partial charge in [0.05, 0.1) is 4.90 Å². The number of amides is 1. The molecule has 0 unspecified atom stereocenters. The molecule has 5 nitrogen and oxygen atoms in total. The Hall–Kier alpha value is -1.40. The SMILES string of the molecule is CN(C)S(=O)(=O)c1cccc(CCC(N)=O)c1. The van der Waals surface area contributed by atoms with Crippen LogP contribution in [0.15, 0.2) is 29.2 Å². The normalized spacial score (nSPS) is 11.7. The summed E-state index contributed by atoms with van der Waals surface area (Å²) in [6, 6.07) is 6.53. The summed E-state index contributed by atoms with van der Waals surface area (Å²) in [4.78, 5) is 10.9. The van der Waals surface area contributed by atoms with Crippen molar-refractivity contribution in [2.24, 2.45) is 5.73 Å². The van der Waals surface area contributed by atoms with Crippen molar-refractivity contribution in [3.63, 3.8) is 0 Å². The Balaban J connectivity index is 2.98. The average Bonchev–Trinajstić information content (AvgIpc) is 2.26. The number of benzene rings is 1. The van der Waals surface area contributed by atoms with Crippen molar-refractivity contribution in [1.82, 2.24) is 4.31 Å². The first kappa shape index (κ1) is 13.7. The van der Waals surface area contributed by atoms with E-state index in [2.05, 4.69) is 0 Å². The van der Waals surface area contributed by atoms with Crippen molar-refractivity contribution in [2.45, 2.75) is 17.7 Å². The molecular weight excluding hydrogens is 240 g/mol. The lowest BCUT2D eigenvalue weighted by Gasteiger charge is -2.12. The number of carbonyl (C=O) groups excluding carboxylic acids is 1. The van der Waals surface area contributed by atoms with E-state index in [9.17, 15) is 13.2 Å². The van der Waals surface area contributed by atoms with Crippen LogP contribution in [0.2, 0.25) is 0 Å². The summed E-state index contributed by atoms with van der Waals surface area (Å²) in [5.74, 6) is -0.397. The minimum Gasteiger partial charge on any atom is -0.370 e. The van der Waals surface area contributed by atoms with Gasteiger partial charge >= 0.3 is 0 Å². The Kier molecular flexibility index (Phi) is 4.25. The van der Waals surface area contributed by atoms with Crippen LogP contribution < -0.4 is 5.73 Å². The van der Waals surface area contributed by atoms with Crippen molar-refractivity contribution < 1.29 is 13.2 Å². The van der Waals surface area contributed by atoms with Crippen LogP contribution in [0, 0.1) is 0 Å². The highest BCUT2D eigenvalue weighted by atomic mass is 32.2. The van der Waals surface area contributed by atoms with E-state index in [1.54, 1.807) is 18.2 Å². The van der Waals surface area contributed by atoms with Gasteiger partial charge in [-0.1, -0.05) is 12.1 Å². The summed E-state index contributed by atoms with van der Waals surface area (Å²) in [6.07, 6.45) is 0.664. The standard InChI is InChI=1S/C11H16N2O3S/c1-13(2)17(15,16)10-5-3-4-9(8-10)6-7-11(12)14/h3-5,8H,6-7H2,1-2H3,(H2,12,14). The van der Waals surface area contributed by atoms with Crippen molar-refractivity contribution in [2.75, 3.05) is 14.1 Å². The van der Waals surface area contributed by atoms with Crippen molar-refractivity contribution in [1.29, 1.82) is 0 Å². The topological polar surface area (TPSA) is 80.5 Å². The smallest absolute Gasteiger partial charge is 0.242 e. The summed E-state index contributed by atoms with van der Waals surface area (Å²) >= 11 is 0. The second-order valence-electron chi connectivity index (χ2n) is 3.90. The molecule has 94 valence electrons. The van der Waals surface area contributed by atoms with Gasteiger partial charge < -0.3 is 5.73 Å². The second kappa shape index (κ2) is 5.29. The molecule has 1 amide bonds. The molecule has 0 saturated heterocycles. The molecule has 0 aromatic heterocycles. The number of nitrogens with two attached hydrogens (primary N) is 1. The van der Waals surface area contributed by atoms with E-state index in [1.165, 1.54) is 20.2 Å². The lowest BCUT2D eigenvalue weighted by Crippen LogP contribution is -2.22. The largest absolute Gasteiger partial charge is 0.370 e. The highest BCUT2D eigenvalue weighted by Crippen LogP contribution is 2.15. The summed E-state index contributed by atoms with van der Waals surface area (Å²) in [7, 11) is -0.466. The van der Waals surface area contributed by atoms with E-state index in [4.69, 9.17) is 5.73 Å². The molecule has 0 aliphatic heterocycles. The van der Waals surface area contributed by atoms with Gasteiger partial charge in [-0.15, -0.1) is 0 Å². The van der Waals surface area contributed by atoms with Gasteiger partial charge in [0.25, 0.3) is 0 Å². The molecular formula is C11H16N2O3S. The van der Waals surface area contributed by atoms with Crippen LogP contribution in [0.3, 0.4) is 0 Å². The van der Waals surface area contributed by atoms with Gasteiger partial charge in [0.15, 0.2) is 0 Å². The van der Waals surface area contributed by atoms with E-state index in [0.717, 1.165) is 9.87 Å². The lowest BCUT2D eigenvalue weighted by molar-refractivity contribution is -0.117. The monoisotopic (exact) mass is 256 g/mol. The molecule has 17 heavy (non-hydrogen) atoms. The average molecular weight is 256 g/mol. The molecule has 2 N–H and O–H groups in total. The lowest BCUT2D eigenvalue weighted by atomic mass is 10.1. The van der Waals surface area contributed by atoms with Crippen LogP contribution in [-0.2, 0) is 21.2 Å². The van der Waals surface area contributed by atoms with Crippen LogP contribution in [0.1, 0.15) is 12.0 Å². The third kappa shape index (κ3) is 3.54. The first-order valence-electron chi connectivity index (χ1n) is 5.14. The molecule has 6 heteroatoms. The van der Waals surface area contributed by atoms with Gasteiger partial charge in [0, 0.05) is 20.5 Å². The maximum Gasteiger partial charge on any atom is 0.242 e. The van der Waals surface area contributed by atoms with Crippen molar-refractivity contribution in [3.05, 3.63) is 29.8 Å². The van der Waals surface area contributed by atoms with Crippen LogP contribution in [-0.4, -0.2) is 32.7 Å². The van der Waals surface area contributed by atoms with Gasteiger partial charge in [-0.3, -0.25) is 4.79 Å². The summed E-state index contributed by atoms with van der Waals surface area (Å²) < 4.78 is 24.9. The summed E-state index contributed by atoms with van der Waals surface area (Å²) in [6.45, 7) is 0. The van der Waals surface area contributed by atoms with Crippen LogP contribution in [0.5, 0.6) is 0 Å². The molecule has 0 aliphatic carbocycles. The highest BCUT2D eigenvalue weighted by molar-refractivity contribution is 7.89. The third-order valence-electron chi connectivity index (χ3n) is 2.34. The number of hydrogen-bond acceptors (Lipinski definition) is 3. The zero-order chi connectivity index (χ0) is 13.1. The Morgan fingerprint density at radius 3 is 2.53 bits per heavy atom. The Bertz CT molecular complexity index is 509. The number of sulfonamides is 1. The first-order valence-corrected chi connectivity index (χ1v) is 6.58. The Morgan fingerprint density at radius 1 is 1.35 bits per heavy atom. The number of rotatable bonds is 5. The van der Waals surface area contributed by atoms with Gasteiger partial charge in [-0.05, 0) is 24.1 Å². The molecule has 1 aromatic rings. The second-order valence-corrected chi connectivity index (χ2v) is 6.05. The number of aryl methyl sites for hydroxylation is 1. The molecule has 1 rings (SSSR count). The summed E-state index contributed by atoms with van der Waals surface area (Å²) in [5.41, 5.74) is 5.83. The van der Waals surface area contributed by atoms with E-state index in [0.29, 0.717) is 6.42 Å². The maximum atomic E-state index is 11.9. The Morgan fingerprint density at radius 2 is 2.00 bits per heavy atom. The Labute approximate surface area is 101 Å². The molecule has 0 bridgehead atoms. The molecule has 0 spiro atoms. The summed E-state index contributed by atoms with van der Waals surface area (Å²) in [5, 5.41) is 0. The molecule has 0 radical (unpaired) electrons. The molecule has 0 saturated carbocycles. The molecule has 0 atom stereocenters. The number of hydrogen-bond donors (Lipinski definition) is 1. The minimum atomic E-state index is -3.42. The molecule has 1 aromatic carbocycles. The fourth-order valence-corrected chi connectivity index (χ4v) is 2.31. The van der Waals surface area contributed by atoms with E-state index in [-0.39, 0.29) is 11.3 Å². The van der Waals surface area contributed by atoms with Crippen LogP contribution >= 0.6 is 0 Å². The van der Waals surface area contributed by atoms with Crippen LogP contribution in [0.25, 0.3) is 0 Å². The van der Waals surface area contributed by atoms with Crippen molar-refractivity contribution >= 4 is 15.9 Å². The first-order chi connectivity index (χ1) is 7.84. The van der Waals surface area contributed by atoms with Gasteiger partial charge in [0.2, 0.25) is 15.9 Å². The van der Waals surface area contributed by atoms with Gasteiger partial charge in [-0.25, -0.2) is 12.7 Å². The molecule has 0 aliphatic rings. The quantitative estimate of drug-likeness (QED) is 0.825. The molecule has 0 fully saturated rings. The van der Waals surface area contributed by atoms with E-state index >= 15 is 0 Å². The highest BCUT2D eigenvalue weighted by Gasteiger charge is 2.17. The van der Waals surface area contributed by atoms with Crippen molar-refractivity contribution in [3.8, 4) is 0 Å². The zero-order valence-corrected chi connectivity index (χ0v) is 10.7. The molecule has 0 heterocycles.